The van der Waals surface area contributed by atoms with E-state index in [4.69, 9.17) is 22.1 Å². The number of halogens is 4. The number of hydrogen-bond donors (Lipinski definition) is 2. The molecule has 164 valence electrons. The van der Waals surface area contributed by atoms with E-state index in [1.54, 1.807) is 19.2 Å². The van der Waals surface area contributed by atoms with Gasteiger partial charge < -0.3 is 20.7 Å². The first kappa shape index (κ1) is 21.5. The lowest BCUT2D eigenvalue weighted by molar-refractivity contribution is -0.137. The highest BCUT2D eigenvalue weighted by atomic mass is 35.5. The van der Waals surface area contributed by atoms with Crippen LogP contribution in [0.15, 0.2) is 36.5 Å². The highest BCUT2D eigenvalue weighted by Crippen LogP contribution is 2.34. The highest BCUT2D eigenvalue weighted by Gasteiger charge is 2.31. The molecule has 3 N–H and O–H groups in total. The van der Waals surface area contributed by atoms with Crippen molar-refractivity contribution in [3.63, 3.8) is 0 Å². The van der Waals surface area contributed by atoms with Crippen molar-refractivity contribution in [3.05, 3.63) is 52.8 Å². The third kappa shape index (κ3) is 4.77. The second-order valence-corrected chi connectivity index (χ2v) is 7.79. The summed E-state index contributed by atoms with van der Waals surface area (Å²) in [5, 5.41) is 4.13. The summed E-state index contributed by atoms with van der Waals surface area (Å²) in [5.74, 6) is 0.439. The summed E-state index contributed by atoms with van der Waals surface area (Å²) in [4.78, 5) is 11.0. The molecule has 0 radical (unpaired) electrons. The number of alkyl halides is 3. The summed E-state index contributed by atoms with van der Waals surface area (Å²) in [6.07, 6.45) is -2.72. The van der Waals surface area contributed by atoms with E-state index in [0.29, 0.717) is 30.1 Å². The summed E-state index contributed by atoms with van der Waals surface area (Å²) in [6.45, 7) is 4.50. The van der Waals surface area contributed by atoms with Crippen LogP contribution in [0.2, 0.25) is 5.15 Å². The fourth-order valence-corrected chi connectivity index (χ4v) is 3.75. The Kier molecular flexibility index (Phi) is 5.81. The number of nitrogen functional groups attached to an aromatic ring is 1. The van der Waals surface area contributed by atoms with Crippen LogP contribution >= 0.6 is 11.6 Å². The fourth-order valence-electron chi connectivity index (χ4n) is 3.56. The van der Waals surface area contributed by atoms with Crippen LogP contribution in [-0.2, 0) is 10.9 Å². The zero-order valence-electron chi connectivity index (χ0n) is 16.7. The zero-order chi connectivity index (χ0) is 22.2. The average Bonchev–Trinajstić information content (AvgIpc) is 2.73. The number of ether oxygens (including phenoxy) is 1. The van der Waals surface area contributed by atoms with Gasteiger partial charge in [0.2, 0.25) is 0 Å². The number of nitrogens with two attached hydrogens (primary N) is 1. The largest absolute Gasteiger partial charge is 0.416 e. The lowest BCUT2D eigenvalue weighted by Gasteiger charge is -2.28. The first-order valence-corrected chi connectivity index (χ1v) is 10.1. The quantitative estimate of drug-likeness (QED) is 0.434. The lowest BCUT2D eigenvalue weighted by atomic mass is 10.0. The Balaban J connectivity index is 1.69. The van der Waals surface area contributed by atoms with Crippen LogP contribution in [0.5, 0.6) is 0 Å². The SMILES string of the molecule is CC(Nc1nc(Cl)cc2ncc(N3CCOCC3)cc12)c1cc(N)cc(C(F)(F)F)c1. The van der Waals surface area contributed by atoms with E-state index >= 15 is 0 Å². The normalized spacial score (nSPS) is 15.8. The predicted molar refractivity (Wildman–Crippen MR) is 115 cm³/mol. The van der Waals surface area contributed by atoms with Crippen molar-refractivity contribution >= 4 is 39.7 Å². The monoisotopic (exact) mass is 451 g/mol. The van der Waals surface area contributed by atoms with Crippen molar-refractivity contribution in [1.82, 2.24) is 9.97 Å². The van der Waals surface area contributed by atoms with Crippen LogP contribution in [0.25, 0.3) is 10.9 Å². The molecule has 1 aliphatic rings. The molecule has 0 saturated carbocycles. The molecule has 1 aliphatic heterocycles. The van der Waals surface area contributed by atoms with E-state index in [1.165, 1.54) is 6.07 Å². The molecule has 0 spiro atoms. The molecule has 3 heterocycles. The van der Waals surface area contributed by atoms with Crippen LogP contribution in [-0.4, -0.2) is 36.3 Å². The molecule has 0 aliphatic carbocycles. The number of aromatic nitrogens is 2. The van der Waals surface area contributed by atoms with Crippen LogP contribution < -0.4 is 16.0 Å². The predicted octanol–water partition coefficient (Wildman–Crippen LogP) is 4.89. The topological polar surface area (TPSA) is 76.3 Å². The van der Waals surface area contributed by atoms with Gasteiger partial charge in [0.05, 0.1) is 42.2 Å². The van der Waals surface area contributed by atoms with Crippen molar-refractivity contribution in [1.29, 1.82) is 0 Å². The van der Waals surface area contributed by atoms with Crippen LogP contribution in [0.4, 0.5) is 30.4 Å². The van der Waals surface area contributed by atoms with Gasteiger partial charge in [-0.05, 0) is 36.8 Å². The van der Waals surface area contributed by atoms with Gasteiger partial charge in [0.15, 0.2) is 0 Å². The minimum Gasteiger partial charge on any atom is -0.399 e. The second-order valence-electron chi connectivity index (χ2n) is 7.41. The van der Waals surface area contributed by atoms with E-state index in [1.807, 2.05) is 6.07 Å². The zero-order valence-corrected chi connectivity index (χ0v) is 17.5. The van der Waals surface area contributed by atoms with Crippen molar-refractivity contribution < 1.29 is 17.9 Å². The molecule has 1 aromatic carbocycles. The van der Waals surface area contributed by atoms with Crippen molar-refractivity contribution in [2.24, 2.45) is 0 Å². The van der Waals surface area contributed by atoms with Crippen molar-refractivity contribution in [3.8, 4) is 0 Å². The van der Waals surface area contributed by atoms with E-state index in [9.17, 15) is 13.2 Å². The lowest BCUT2D eigenvalue weighted by Crippen LogP contribution is -2.36. The number of fused-ring (bicyclic) bond motifs is 1. The third-order valence-corrected chi connectivity index (χ3v) is 5.36. The number of hydrogen-bond acceptors (Lipinski definition) is 6. The minimum absolute atomic E-state index is 0.0404. The number of rotatable bonds is 4. The number of morpholine rings is 1. The number of nitrogens with zero attached hydrogens (tertiary/aromatic N) is 3. The Morgan fingerprint density at radius 2 is 1.90 bits per heavy atom. The van der Waals surface area contributed by atoms with E-state index in [-0.39, 0.29) is 10.8 Å². The summed E-state index contributed by atoms with van der Waals surface area (Å²) < 4.78 is 45.0. The maximum absolute atomic E-state index is 13.2. The first-order valence-electron chi connectivity index (χ1n) is 9.74. The van der Waals surface area contributed by atoms with E-state index in [2.05, 4.69) is 20.2 Å². The standard InChI is InChI=1S/C21H21ClF3N5O/c1-12(13-6-14(21(23,24)25)8-15(26)7-13)28-20-17-9-16(30-2-4-31-5-3-30)11-27-18(17)10-19(22)29-20/h6-12H,2-5,26H2,1H3,(H,28,29). The summed E-state index contributed by atoms with van der Waals surface area (Å²) in [7, 11) is 0. The van der Waals surface area contributed by atoms with Crippen LogP contribution in [0.1, 0.15) is 24.1 Å². The smallest absolute Gasteiger partial charge is 0.399 e. The van der Waals surface area contributed by atoms with Gasteiger partial charge in [0.1, 0.15) is 11.0 Å². The molecule has 1 saturated heterocycles. The Morgan fingerprint density at radius 1 is 1.16 bits per heavy atom. The van der Waals surface area contributed by atoms with E-state index in [0.717, 1.165) is 36.3 Å². The van der Waals surface area contributed by atoms with Gasteiger partial charge in [-0.25, -0.2) is 4.98 Å². The molecule has 0 amide bonds. The van der Waals surface area contributed by atoms with Gasteiger partial charge in [0, 0.05) is 30.2 Å². The van der Waals surface area contributed by atoms with Gasteiger partial charge in [0.25, 0.3) is 0 Å². The first-order chi connectivity index (χ1) is 14.7. The molecule has 3 aromatic rings. The molecule has 0 bridgehead atoms. The van der Waals surface area contributed by atoms with Gasteiger partial charge in [-0.2, -0.15) is 13.2 Å². The maximum Gasteiger partial charge on any atom is 0.416 e. The molecule has 2 aromatic heterocycles. The molecular formula is C21H21ClF3N5O. The van der Waals surface area contributed by atoms with Crippen LogP contribution in [0, 0.1) is 0 Å². The molecule has 1 fully saturated rings. The van der Waals surface area contributed by atoms with Crippen molar-refractivity contribution in [2.75, 3.05) is 42.3 Å². The molecular weight excluding hydrogens is 431 g/mol. The van der Waals surface area contributed by atoms with E-state index < -0.39 is 17.8 Å². The molecule has 1 atom stereocenters. The Bertz CT molecular complexity index is 1100. The van der Waals surface area contributed by atoms with Gasteiger partial charge >= 0.3 is 6.18 Å². The Labute approximate surface area is 182 Å². The minimum atomic E-state index is -4.48. The number of benzene rings is 1. The summed E-state index contributed by atoms with van der Waals surface area (Å²) >= 11 is 6.17. The molecule has 10 heteroatoms. The molecule has 4 rings (SSSR count). The molecule has 6 nitrogen and oxygen atoms in total. The third-order valence-electron chi connectivity index (χ3n) is 5.17. The fraction of sp³-hybridized carbons (Fsp3) is 0.333. The average molecular weight is 452 g/mol. The summed E-state index contributed by atoms with van der Waals surface area (Å²) in [6, 6.07) is 6.60. The Morgan fingerprint density at radius 3 is 2.61 bits per heavy atom. The number of nitrogens with one attached hydrogen (secondary N) is 1. The number of pyridine rings is 2. The second kappa shape index (κ2) is 8.39. The van der Waals surface area contributed by atoms with Gasteiger partial charge in [-0.3, -0.25) is 4.98 Å². The maximum atomic E-state index is 13.2. The molecule has 31 heavy (non-hydrogen) atoms. The molecule has 1 unspecified atom stereocenters. The highest BCUT2D eigenvalue weighted by molar-refractivity contribution is 6.30. The van der Waals surface area contributed by atoms with Gasteiger partial charge in [-0.15, -0.1) is 0 Å². The Hall–Kier alpha value is -2.78. The van der Waals surface area contributed by atoms with Gasteiger partial charge in [-0.1, -0.05) is 11.6 Å². The van der Waals surface area contributed by atoms with Crippen LogP contribution in [0.3, 0.4) is 0 Å². The number of anilines is 3. The van der Waals surface area contributed by atoms with Crippen molar-refractivity contribution in [2.45, 2.75) is 19.1 Å². The summed E-state index contributed by atoms with van der Waals surface area (Å²) in [5.41, 5.74) is 6.90.